The summed E-state index contributed by atoms with van der Waals surface area (Å²) in [6.07, 6.45) is -1.75. The molecule has 0 radical (unpaired) electrons. The van der Waals surface area contributed by atoms with Gasteiger partial charge in [0.15, 0.2) is 14.6 Å². The fourth-order valence-electron chi connectivity index (χ4n) is 4.65. The van der Waals surface area contributed by atoms with Crippen molar-refractivity contribution in [3.8, 4) is 0 Å². The minimum absolute atomic E-state index is 0.0267. The molecule has 6 atom stereocenters. The number of thioether (sulfide) groups is 1. The van der Waals surface area contributed by atoms with Crippen LogP contribution in [0.4, 0.5) is 0 Å². The maximum atomic E-state index is 7.17. The van der Waals surface area contributed by atoms with Gasteiger partial charge in [-0.2, -0.15) is 0 Å². The molecule has 208 valence electrons. The Labute approximate surface area is 238 Å². The van der Waals surface area contributed by atoms with Gasteiger partial charge < -0.3 is 23.4 Å². The Morgan fingerprint density at radius 3 is 2.08 bits per heavy atom. The molecule has 39 heavy (non-hydrogen) atoms. The van der Waals surface area contributed by atoms with Gasteiger partial charge in [-0.15, -0.1) is 0 Å². The van der Waals surface area contributed by atoms with Crippen molar-refractivity contribution in [1.82, 2.24) is 0 Å². The lowest BCUT2D eigenvalue weighted by atomic mass is 9.98. The number of ether oxygens (including phenoxy) is 4. The van der Waals surface area contributed by atoms with Crippen LogP contribution in [-0.4, -0.2) is 44.8 Å². The van der Waals surface area contributed by atoms with Gasteiger partial charge in [-0.25, -0.2) is 0 Å². The van der Waals surface area contributed by atoms with Crippen LogP contribution in [-0.2, 0) is 30.0 Å². The van der Waals surface area contributed by atoms with Gasteiger partial charge in [0.2, 0.25) is 0 Å². The number of hydrogen-bond donors (Lipinski definition) is 0. The van der Waals surface area contributed by atoms with Gasteiger partial charge in [-0.05, 0) is 35.8 Å². The molecule has 0 N–H and O–H groups in total. The first-order chi connectivity index (χ1) is 18.7. The molecule has 2 aliphatic rings. The number of fused-ring (bicyclic) bond motifs is 1. The topological polar surface area (TPSA) is 46.2 Å². The normalized spacial score (nSPS) is 27.6. The van der Waals surface area contributed by atoms with Gasteiger partial charge in [0.05, 0.1) is 13.2 Å². The summed E-state index contributed by atoms with van der Waals surface area (Å²) in [4.78, 5) is 1.13. The van der Waals surface area contributed by atoms with E-state index < -0.39 is 14.6 Å². The van der Waals surface area contributed by atoms with E-state index in [1.165, 1.54) is 0 Å². The summed E-state index contributed by atoms with van der Waals surface area (Å²) in [7, 11) is -2.20. The van der Waals surface area contributed by atoms with Crippen molar-refractivity contribution in [3.05, 3.63) is 102 Å². The molecule has 3 aromatic rings. The zero-order valence-corrected chi connectivity index (χ0v) is 25.3. The third-order valence-electron chi connectivity index (χ3n) is 7.87. The molecule has 5 rings (SSSR count). The summed E-state index contributed by atoms with van der Waals surface area (Å²) in [6, 6.07) is 30.7. The van der Waals surface area contributed by atoms with Crippen LogP contribution in [0.1, 0.15) is 38.2 Å². The predicted octanol–water partition coefficient (Wildman–Crippen LogP) is 7.59. The van der Waals surface area contributed by atoms with E-state index >= 15 is 0 Å². The Bertz CT molecular complexity index is 1170. The van der Waals surface area contributed by atoms with E-state index in [1.807, 2.05) is 54.6 Å². The minimum atomic E-state index is -2.20. The lowest BCUT2D eigenvalue weighted by molar-refractivity contribution is -0.323. The van der Waals surface area contributed by atoms with E-state index in [0.717, 1.165) is 16.0 Å². The molecule has 0 aliphatic carbocycles. The van der Waals surface area contributed by atoms with Gasteiger partial charge in [0.1, 0.15) is 29.9 Å². The van der Waals surface area contributed by atoms with Gasteiger partial charge >= 0.3 is 0 Å². The molecule has 2 saturated heterocycles. The second kappa shape index (κ2) is 12.3. The summed E-state index contributed by atoms with van der Waals surface area (Å²) >= 11 is 1.69. The van der Waals surface area contributed by atoms with E-state index in [-0.39, 0.29) is 34.9 Å². The van der Waals surface area contributed by atoms with Gasteiger partial charge in [-0.3, -0.25) is 0 Å². The average molecular weight is 565 g/mol. The fourth-order valence-corrected chi connectivity index (χ4v) is 7.17. The Balaban J connectivity index is 1.49. The smallest absolute Gasteiger partial charge is 0.192 e. The van der Waals surface area contributed by atoms with Crippen LogP contribution in [0.2, 0.25) is 18.1 Å². The van der Waals surface area contributed by atoms with Crippen LogP contribution in [0.25, 0.3) is 0 Å². The van der Waals surface area contributed by atoms with Crippen molar-refractivity contribution in [2.24, 2.45) is 0 Å². The summed E-state index contributed by atoms with van der Waals surface area (Å²) in [6.45, 7) is 12.3. The van der Waals surface area contributed by atoms with Crippen molar-refractivity contribution >= 4 is 20.1 Å². The molecule has 5 nitrogen and oxygen atoms in total. The Hall–Kier alpha value is -1.97. The molecule has 2 heterocycles. The van der Waals surface area contributed by atoms with E-state index in [1.54, 1.807) is 11.8 Å². The third kappa shape index (κ3) is 6.85. The van der Waals surface area contributed by atoms with Crippen molar-refractivity contribution in [3.63, 3.8) is 0 Å². The Morgan fingerprint density at radius 2 is 1.44 bits per heavy atom. The quantitative estimate of drug-likeness (QED) is 0.263. The lowest BCUT2D eigenvalue weighted by Gasteiger charge is -2.51. The molecular weight excluding hydrogens is 525 g/mol. The monoisotopic (exact) mass is 564 g/mol. The third-order valence-corrected chi connectivity index (χ3v) is 13.5. The zero-order chi connectivity index (χ0) is 27.5. The number of rotatable bonds is 8. The maximum Gasteiger partial charge on any atom is 0.192 e. The van der Waals surface area contributed by atoms with Crippen LogP contribution in [0.15, 0.2) is 95.9 Å². The van der Waals surface area contributed by atoms with E-state index in [0.29, 0.717) is 13.2 Å². The van der Waals surface area contributed by atoms with Crippen LogP contribution in [0.3, 0.4) is 0 Å². The van der Waals surface area contributed by atoms with Gasteiger partial charge in [-0.1, -0.05) is 111 Å². The highest BCUT2D eigenvalue weighted by Crippen LogP contribution is 2.45. The molecule has 7 heteroatoms. The Morgan fingerprint density at radius 1 is 0.821 bits per heavy atom. The summed E-state index contributed by atoms with van der Waals surface area (Å²) in [5.41, 5.74) is 1.83. The lowest BCUT2D eigenvalue weighted by Crippen LogP contribution is -2.64. The van der Waals surface area contributed by atoms with Crippen molar-refractivity contribution in [1.29, 1.82) is 0 Å². The standard InChI is InChI=1S/C32H40O5SSi/c1-32(2,3)39(4,5)37-29-28(33-21-23-15-9-6-10-16-23)27-26(35-31(29)38-25-19-13-8-14-20-25)22-34-30(36-27)24-17-11-7-12-18-24/h6-20,26-31H,21-22H2,1-5H3/t26?,27-,28-,29?,30?,31-/m1/s1. The van der Waals surface area contributed by atoms with Crippen molar-refractivity contribution < 1.29 is 23.4 Å². The molecular formula is C32H40O5SSi. The maximum absolute atomic E-state index is 7.17. The molecule has 2 fully saturated rings. The van der Waals surface area contributed by atoms with Crippen molar-refractivity contribution in [2.75, 3.05) is 6.61 Å². The summed E-state index contributed by atoms with van der Waals surface area (Å²) in [5.74, 6) is 0. The van der Waals surface area contributed by atoms with E-state index in [9.17, 15) is 0 Å². The van der Waals surface area contributed by atoms with E-state index in [2.05, 4.69) is 70.3 Å². The average Bonchev–Trinajstić information content (AvgIpc) is 2.93. The zero-order valence-electron chi connectivity index (χ0n) is 23.5. The van der Waals surface area contributed by atoms with E-state index in [4.69, 9.17) is 23.4 Å². The molecule has 0 bridgehead atoms. The highest BCUT2D eigenvalue weighted by Gasteiger charge is 2.54. The first kappa shape index (κ1) is 28.6. The fraction of sp³-hybridized carbons (Fsp3) is 0.438. The van der Waals surface area contributed by atoms with Gasteiger partial charge in [0.25, 0.3) is 0 Å². The van der Waals surface area contributed by atoms with Crippen LogP contribution in [0, 0.1) is 0 Å². The minimum Gasteiger partial charge on any atom is -0.408 e. The predicted molar refractivity (Wildman–Crippen MR) is 158 cm³/mol. The first-order valence-corrected chi connectivity index (χ1v) is 17.5. The number of benzene rings is 3. The summed E-state index contributed by atoms with van der Waals surface area (Å²) < 4.78 is 33.6. The van der Waals surface area contributed by atoms with Crippen LogP contribution >= 0.6 is 11.8 Å². The highest BCUT2D eigenvalue weighted by atomic mass is 32.2. The first-order valence-electron chi connectivity index (χ1n) is 13.7. The molecule has 0 aromatic heterocycles. The van der Waals surface area contributed by atoms with Crippen LogP contribution < -0.4 is 0 Å². The Kier molecular flexibility index (Phi) is 8.98. The molecule has 3 unspecified atom stereocenters. The molecule has 3 aromatic carbocycles. The highest BCUT2D eigenvalue weighted by molar-refractivity contribution is 7.99. The molecule has 0 saturated carbocycles. The molecule has 0 spiro atoms. The second-order valence-corrected chi connectivity index (χ2v) is 17.7. The van der Waals surface area contributed by atoms with Gasteiger partial charge in [0, 0.05) is 10.5 Å². The SMILES string of the molecule is CC(C)(C)[Si](C)(C)OC1[C@@H](Sc2ccccc2)OC2COC(c3ccccc3)O[C@H]2[C@H]1OCc1ccccc1. The largest absolute Gasteiger partial charge is 0.408 e. The molecule has 2 aliphatic heterocycles. The second-order valence-electron chi connectivity index (χ2n) is 11.8. The molecule has 0 amide bonds. The summed E-state index contributed by atoms with van der Waals surface area (Å²) in [5, 5.41) is 0.0267. The van der Waals surface area contributed by atoms with Crippen LogP contribution in [0.5, 0.6) is 0 Å². The number of hydrogen-bond acceptors (Lipinski definition) is 6. The van der Waals surface area contributed by atoms with Crippen molar-refractivity contribution in [2.45, 2.75) is 86.5 Å².